The minimum absolute atomic E-state index is 0.835. The summed E-state index contributed by atoms with van der Waals surface area (Å²) in [4.78, 5) is 2.52. The maximum absolute atomic E-state index is 7.56. The van der Waals surface area contributed by atoms with Gasteiger partial charge in [-0.1, -0.05) is 0 Å². The number of rotatable bonds is 2. The summed E-state index contributed by atoms with van der Waals surface area (Å²) in [6.45, 7) is 5.25. The molecule has 1 aliphatic heterocycles. The third-order valence-corrected chi connectivity index (χ3v) is 3.33. The molecule has 14 heavy (non-hydrogen) atoms. The number of morpholine rings is 1. The Labute approximate surface area is 85.9 Å². The maximum atomic E-state index is 7.56. The second-order valence-corrected chi connectivity index (χ2v) is 4.46. The van der Waals surface area contributed by atoms with Crippen LogP contribution >= 0.6 is 0 Å². The van der Waals surface area contributed by atoms with E-state index in [1.807, 2.05) is 0 Å². The van der Waals surface area contributed by atoms with Crippen molar-refractivity contribution in [3.05, 3.63) is 0 Å². The summed E-state index contributed by atoms with van der Waals surface area (Å²) < 4.78 is 5.33. The molecule has 2 rings (SSSR count). The van der Waals surface area contributed by atoms with Gasteiger partial charge in [0, 0.05) is 25.3 Å². The fourth-order valence-corrected chi connectivity index (χ4v) is 2.36. The minimum atomic E-state index is 0.835. The molecule has 0 unspecified atom stereocenters. The van der Waals surface area contributed by atoms with Crippen molar-refractivity contribution in [2.75, 3.05) is 32.8 Å². The van der Waals surface area contributed by atoms with Gasteiger partial charge in [-0.05, 0) is 31.6 Å². The van der Waals surface area contributed by atoms with Crippen LogP contribution in [0.5, 0.6) is 0 Å². The Morgan fingerprint density at radius 2 is 1.86 bits per heavy atom. The van der Waals surface area contributed by atoms with Crippen LogP contribution in [0, 0.1) is 11.3 Å². The van der Waals surface area contributed by atoms with Gasteiger partial charge in [0.15, 0.2) is 0 Å². The molecule has 0 aromatic heterocycles. The third kappa shape index (κ3) is 2.79. The first-order valence-corrected chi connectivity index (χ1v) is 5.71. The molecule has 3 nitrogen and oxygen atoms in total. The van der Waals surface area contributed by atoms with E-state index in [1.54, 1.807) is 0 Å². The molecule has 0 radical (unpaired) electrons. The lowest BCUT2D eigenvalue weighted by atomic mass is 9.87. The van der Waals surface area contributed by atoms with Crippen LogP contribution in [0.25, 0.3) is 0 Å². The van der Waals surface area contributed by atoms with Gasteiger partial charge in [-0.3, -0.25) is 4.90 Å². The Bertz CT molecular complexity index is 189. The van der Waals surface area contributed by atoms with Crippen molar-refractivity contribution >= 4 is 5.71 Å². The van der Waals surface area contributed by atoms with Gasteiger partial charge in [0.1, 0.15) is 0 Å². The van der Waals surface area contributed by atoms with Gasteiger partial charge in [-0.15, -0.1) is 0 Å². The number of hydrogen-bond donors (Lipinski definition) is 1. The standard InChI is InChI=1S/C11H20N2O/c12-11-3-1-10(2-4-11)9-13-5-7-14-8-6-13/h10,12H,1-9H2. The molecule has 2 fully saturated rings. The highest BCUT2D eigenvalue weighted by Crippen LogP contribution is 2.22. The first-order chi connectivity index (χ1) is 6.84. The van der Waals surface area contributed by atoms with Crippen molar-refractivity contribution in [2.45, 2.75) is 25.7 Å². The molecule has 0 spiro atoms. The molecule has 0 amide bonds. The van der Waals surface area contributed by atoms with Crippen molar-refractivity contribution in [1.82, 2.24) is 4.90 Å². The second kappa shape index (κ2) is 4.89. The molecule has 1 heterocycles. The Morgan fingerprint density at radius 3 is 2.50 bits per heavy atom. The van der Waals surface area contributed by atoms with Crippen molar-refractivity contribution in [3.63, 3.8) is 0 Å². The zero-order valence-electron chi connectivity index (χ0n) is 8.80. The Hall–Kier alpha value is -0.410. The van der Waals surface area contributed by atoms with E-state index in [0.29, 0.717) is 0 Å². The lowest BCUT2D eigenvalue weighted by Gasteiger charge is -2.32. The molecular formula is C11H20N2O. The predicted octanol–water partition coefficient (Wildman–Crippen LogP) is 1.53. The van der Waals surface area contributed by atoms with Gasteiger partial charge in [0.25, 0.3) is 0 Å². The molecule has 3 heteroatoms. The van der Waals surface area contributed by atoms with Crippen LogP contribution in [0.15, 0.2) is 0 Å². The van der Waals surface area contributed by atoms with Crippen molar-refractivity contribution < 1.29 is 4.74 Å². The van der Waals surface area contributed by atoms with Crippen LogP contribution in [-0.4, -0.2) is 43.5 Å². The molecule has 0 bridgehead atoms. The fourth-order valence-electron chi connectivity index (χ4n) is 2.36. The number of hydrogen-bond acceptors (Lipinski definition) is 3. The topological polar surface area (TPSA) is 36.3 Å². The molecule has 0 aromatic carbocycles. The van der Waals surface area contributed by atoms with Gasteiger partial charge in [0.2, 0.25) is 0 Å². The van der Waals surface area contributed by atoms with Crippen LogP contribution in [0.4, 0.5) is 0 Å². The normalized spacial score (nSPS) is 30.6. The van der Waals surface area contributed by atoms with Crippen molar-refractivity contribution in [1.29, 1.82) is 5.41 Å². The lowest BCUT2D eigenvalue weighted by molar-refractivity contribution is 0.0292. The Kier molecular flexibility index (Phi) is 3.54. The maximum Gasteiger partial charge on any atom is 0.0594 e. The average molecular weight is 196 g/mol. The van der Waals surface area contributed by atoms with Crippen LogP contribution < -0.4 is 0 Å². The molecular weight excluding hydrogens is 176 g/mol. The molecule has 1 N–H and O–H groups in total. The highest BCUT2D eigenvalue weighted by atomic mass is 16.5. The number of nitrogens with one attached hydrogen (secondary N) is 1. The summed E-state index contributed by atoms with van der Waals surface area (Å²) in [5, 5.41) is 7.56. The predicted molar refractivity (Wildman–Crippen MR) is 56.9 cm³/mol. The molecule has 1 saturated carbocycles. The Morgan fingerprint density at radius 1 is 1.21 bits per heavy atom. The minimum Gasteiger partial charge on any atom is -0.379 e. The Balaban J connectivity index is 1.71. The summed E-state index contributed by atoms with van der Waals surface area (Å²) in [5.74, 6) is 0.835. The summed E-state index contributed by atoms with van der Waals surface area (Å²) in [7, 11) is 0. The smallest absolute Gasteiger partial charge is 0.0594 e. The molecule has 0 atom stereocenters. The van der Waals surface area contributed by atoms with Crippen LogP contribution in [0.1, 0.15) is 25.7 Å². The van der Waals surface area contributed by atoms with E-state index < -0.39 is 0 Å². The number of nitrogens with zero attached hydrogens (tertiary/aromatic N) is 1. The zero-order valence-corrected chi connectivity index (χ0v) is 8.80. The third-order valence-electron chi connectivity index (χ3n) is 3.33. The van der Waals surface area contributed by atoms with E-state index in [0.717, 1.165) is 50.8 Å². The van der Waals surface area contributed by atoms with Gasteiger partial charge in [-0.25, -0.2) is 0 Å². The zero-order chi connectivity index (χ0) is 9.80. The molecule has 1 aliphatic carbocycles. The van der Waals surface area contributed by atoms with E-state index in [2.05, 4.69) is 4.90 Å². The first kappa shape index (κ1) is 10.1. The lowest BCUT2D eigenvalue weighted by Crippen LogP contribution is -2.40. The SMILES string of the molecule is N=C1CCC(CN2CCOCC2)CC1. The first-order valence-electron chi connectivity index (χ1n) is 5.71. The van der Waals surface area contributed by atoms with E-state index >= 15 is 0 Å². The molecule has 0 aromatic rings. The summed E-state index contributed by atoms with van der Waals surface area (Å²) in [5.41, 5.74) is 0.961. The van der Waals surface area contributed by atoms with Crippen LogP contribution in [-0.2, 0) is 4.74 Å². The fraction of sp³-hybridized carbons (Fsp3) is 0.909. The van der Waals surface area contributed by atoms with Gasteiger partial charge >= 0.3 is 0 Å². The summed E-state index contributed by atoms with van der Waals surface area (Å²) in [6, 6.07) is 0. The monoisotopic (exact) mass is 196 g/mol. The summed E-state index contributed by atoms with van der Waals surface area (Å²) in [6.07, 6.45) is 4.54. The van der Waals surface area contributed by atoms with E-state index in [-0.39, 0.29) is 0 Å². The molecule has 2 aliphatic rings. The van der Waals surface area contributed by atoms with Crippen molar-refractivity contribution in [3.8, 4) is 0 Å². The van der Waals surface area contributed by atoms with Crippen LogP contribution in [0.3, 0.4) is 0 Å². The largest absolute Gasteiger partial charge is 0.379 e. The highest BCUT2D eigenvalue weighted by molar-refractivity contribution is 5.81. The van der Waals surface area contributed by atoms with Gasteiger partial charge < -0.3 is 10.1 Å². The second-order valence-electron chi connectivity index (χ2n) is 4.46. The summed E-state index contributed by atoms with van der Waals surface area (Å²) >= 11 is 0. The number of ether oxygens (including phenoxy) is 1. The quantitative estimate of drug-likeness (QED) is 0.727. The van der Waals surface area contributed by atoms with Gasteiger partial charge in [-0.2, -0.15) is 0 Å². The van der Waals surface area contributed by atoms with Crippen LogP contribution in [0.2, 0.25) is 0 Å². The van der Waals surface area contributed by atoms with E-state index in [1.165, 1.54) is 19.4 Å². The van der Waals surface area contributed by atoms with Crippen molar-refractivity contribution in [2.24, 2.45) is 5.92 Å². The van der Waals surface area contributed by atoms with E-state index in [9.17, 15) is 0 Å². The molecule has 80 valence electrons. The molecule has 1 saturated heterocycles. The highest BCUT2D eigenvalue weighted by Gasteiger charge is 2.20. The van der Waals surface area contributed by atoms with E-state index in [4.69, 9.17) is 10.1 Å². The average Bonchev–Trinajstić information content (AvgIpc) is 2.23. The van der Waals surface area contributed by atoms with Gasteiger partial charge in [0.05, 0.1) is 13.2 Å².